The minimum Gasteiger partial charge on any atom is -0.462 e. The van der Waals surface area contributed by atoms with E-state index in [2.05, 4.69) is 41.5 Å². The molecule has 17 nitrogen and oxygen atoms in total. The summed E-state index contributed by atoms with van der Waals surface area (Å²) < 4.78 is 68.6. The number of ether oxygens (including phenoxy) is 4. The summed E-state index contributed by atoms with van der Waals surface area (Å²) in [5.41, 5.74) is 0. The Hall–Kier alpha value is -1.94. The average molecular weight is 1420 g/mol. The number of unbranched alkanes of at least 4 members (excludes halogenated alkanes) is 46. The zero-order valence-corrected chi connectivity index (χ0v) is 65.2. The van der Waals surface area contributed by atoms with Crippen molar-refractivity contribution in [2.45, 2.75) is 426 Å². The number of phosphoric ester groups is 2. The first kappa shape index (κ1) is 95.1. The van der Waals surface area contributed by atoms with Gasteiger partial charge >= 0.3 is 39.5 Å². The van der Waals surface area contributed by atoms with Gasteiger partial charge in [0, 0.05) is 25.7 Å². The highest BCUT2D eigenvalue weighted by atomic mass is 31.2. The highest BCUT2D eigenvalue weighted by molar-refractivity contribution is 7.47. The predicted octanol–water partition coefficient (Wildman–Crippen LogP) is 23.1. The predicted molar refractivity (Wildman–Crippen MR) is 395 cm³/mol. The van der Waals surface area contributed by atoms with Crippen LogP contribution in [0.25, 0.3) is 0 Å². The summed E-state index contributed by atoms with van der Waals surface area (Å²) in [6.07, 6.45) is 58.3. The first-order valence-corrected chi connectivity index (χ1v) is 43.5. The van der Waals surface area contributed by atoms with Gasteiger partial charge in [0.15, 0.2) is 12.2 Å². The fraction of sp³-hybridized carbons (Fsp3) is 0.949. The minimum atomic E-state index is -4.96. The maximum Gasteiger partial charge on any atom is 0.472 e. The smallest absolute Gasteiger partial charge is 0.462 e. The van der Waals surface area contributed by atoms with Crippen molar-refractivity contribution in [2.75, 3.05) is 39.6 Å². The number of hydrogen-bond donors (Lipinski definition) is 3. The van der Waals surface area contributed by atoms with Gasteiger partial charge in [-0.3, -0.25) is 37.3 Å². The van der Waals surface area contributed by atoms with E-state index < -0.39 is 97.5 Å². The van der Waals surface area contributed by atoms with Gasteiger partial charge in [-0.15, -0.1) is 0 Å². The lowest BCUT2D eigenvalue weighted by molar-refractivity contribution is -0.161. The molecule has 0 aromatic carbocycles. The molecule has 0 amide bonds. The van der Waals surface area contributed by atoms with E-state index in [1.54, 1.807) is 0 Å². The Kier molecular flexibility index (Phi) is 68.4. The van der Waals surface area contributed by atoms with Crippen molar-refractivity contribution >= 4 is 39.5 Å². The van der Waals surface area contributed by atoms with Crippen LogP contribution in [0, 0.1) is 11.8 Å². The number of esters is 4. The van der Waals surface area contributed by atoms with Crippen LogP contribution in [0.5, 0.6) is 0 Å². The molecule has 0 bridgehead atoms. The maximum absolute atomic E-state index is 13.1. The van der Waals surface area contributed by atoms with Gasteiger partial charge in [0.05, 0.1) is 26.4 Å². The van der Waals surface area contributed by atoms with Crippen LogP contribution >= 0.6 is 15.6 Å². The van der Waals surface area contributed by atoms with E-state index in [0.717, 1.165) is 102 Å². The Bertz CT molecular complexity index is 1870. The Morgan fingerprint density at radius 2 is 0.526 bits per heavy atom. The number of carbonyl (C=O) groups is 4. The molecule has 0 aliphatic rings. The lowest BCUT2D eigenvalue weighted by Crippen LogP contribution is -2.30. The van der Waals surface area contributed by atoms with Crippen molar-refractivity contribution in [1.29, 1.82) is 0 Å². The van der Waals surface area contributed by atoms with Gasteiger partial charge in [0.1, 0.15) is 19.3 Å². The van der Waals surface area contributed by atoms with Crippen LogP contribution in [0.1, 0.15) is 408 Å². The largest absolute Gasteiger partial charge is 0.472 e. The quantitative estimate of drug-likeness (QED) is 0.0222. The second kappa shape index (κ2) is 69.8. The van der Waals surface area contributed by atoms with Gasteiger partial charge < -0.3 is 33.8 Å². The topological polar surface area (TPSA) is 237 Å². The van der Waals surface area contributed by atoms with E-state index in [9.17, 15) is 43.2 Å². The monoisotopic (exact) mass is 1420 g/mol. The molecule has 576 valence electrons. The first-order valence-electron chi connectivity index (χ1n) is 40.5. The number of carbonyl (C=O) groups excluding carboxylic acids is 4. The number of phosphoric acid groups is 2. The molecule has 6 atom stereocenters. The average Bonchev–Trinajstić information content (AvgIpc) is 1.30. The molecular weight excluding hydrogens is 1270 g/mol. The van der Waals surface area contributed by atoms with Crippen LogP contribution in [-0.4, -0.2) is 96.7 Å². The second-order valence-electron chi connectivity index (χ2n) is 28.8. The summed E-state index contributed by atoms with van der Waals surface area (Å²) in [4.78, 5) is 72.9. The summed E-state index contributed by atoms with van der Waals surface area (Å²) in [5, 5.41) is 10.6. The normalized spacial score (nSPS) is 14.2. The molecule has 0 saturated carbocycles. The molecule has 0 rings (SSSR count). The standard InChI is InChI=1S/C78H152O17P2/c1-7-10-12-14-16-18-20-22-23-24-25-26-27-28-29-30-32-36-44-50-56-62-77(82)94-73(66-89-76(81)61-55-49-43-37-33-34-40-46-52-58-70(4)5)68-92-96(84,85)90-64-72(79)65-91-97(86,87)93-69-74(95-78(83)63-57-51-45-39-38-41-47-53-59-71(6)9-3)67-88-75(80)60-54-48-42-35-31-21-19-17-15-13-11-8-2/h70-74,79H,7-69H2,1-6H3,(H,84,85)(H,86,87)/t71?,72-,73-,74-/m1/s1. The fourth-order valence-corrected chi connectivity index (χ4v) is 13.6. The van der Waals surface area contributed by atoms with Crippen LogP contribution in [0.4, 0.5) is 0 Å². The van der Waals surface area contributed by atoms with E-state index in [1.165, 1.54) is 225 Å². The summed E-state index contributed by atoms with van der Waals surface area (Å²) in [6, 6.07) is 0. The lowest BCUT2D eigenvalue weighted by atomic mass is 9.99. The molecule has 0 spiro atoms. The van der Waals surface area contributed by atoms with Gasteiger partial charge in [-0.05, 0) is 37.5 Å². The highest BCUT2D eigenvalue weighted by Gasteiger charge is 2.30. The van der Waals surface area contributed by atoms with E-state index in [1.807, 2.05) is 0 Å². The van der Waals surface area contributed by atoms with Gasteiger partial charge in [0.25, 0.3) is 0 Å². The number of hydrogen-bond acceptors (Lipinski definition) is 15. The molecule has 0 saturated heterocycles. The molecule has 3 N–H and O–H groups in total. The molecule has 97 heavy (non-hydrogen) atoms. The second-order valence-corrected chi connectivity index (χ2v) is 31.7. The maximum atomic E-state index is 13.1. The van der Waals surface area contributed by atoms with Crippen molar-refractivity contribution in [1.82, 2.24) is 0 Å². The Morgan fingerprint density at radius 3 is 0.784 bits per heavy atom. The zero-order valence-electron chi connectivity index (χ0n) is 63.4. The van der Waals surface area contributed by atoms with Crippen LogP contribution in [0.3, 0.4) is 0 Å². The molecule has 0 aliphatic carbocycles. The third kappa shape index (κ3) is 70.9. The molecule has 0 aliphatic heterocycles. The molecule has 0 radical (unpaired) electrons. The summed E-state index contributed by atoms with van der Waals surface area (Å²) in [6.45, 7) is 9.59. The van der Waals surface area contributed by atoms with E-state index >= 15 is 0 Å². The lowest BCUT2D eigenvalue weighted by Gasteiger charge is -2.21. The van der Waals surface area contributed by atoms with Gasteiger partial charge in [0.2, 0.25) is 0 Å². The van der Waals surface area contributed by atoms with Gasteiger partial charge in [-0.1, -0.05) is 356 Å². The molecule has 0 heterocycles. The van der Waals surface area contributed by atoms with Crippen molar-refractivity contribution in [3.05, 3.63) is 0 Å². The highest BCUT2D eigenvalue weighted by Crippen LogP contribution is 2.45. The minimum absolute atomic E-state index is 0.105. The van der Waals surface area contributed by atoms with Crippen LogP contribution in [0.15, 0.2) is 0 Å². The van der Waals surface area contributed by atoms with Gasteiger partial charge in [-0.2, -0.15) is 0 Å². The van der Waals surface area contributed by atoms with E-state index in [0.29, 0.717) is 25.7 Å². The Balaban J connectivity index is 5.21. The Labute approximate surface area is 594 Å². The van der Waals surface area contributed by atoms with Gasteiger partial charge in [-0.25, -0.2) is 9.13 Å². The SMILES string of the molecule is CCCCCCCCCCCCCCCCCCCCCCCC(=O)O[C@H](COC(=O)CCCCCCCCCCCC(C)C)COP(=O)(O)OC[C@@H](O)COP(=O)(O)OC[C@@H](COC(=O)CCCCCCCCCCCCCC)OC(=O)CCCCCCCCCCC(C)CC. The van der Waals surface area contributed by atoms with Crippen molar-refractivity contribution < 1.29 is 80.2 Å². The Morgan fingerprint density at radius 1 is 0.299 bits per heavy atom. The van der Waals surface area contributed by atoms with E-state index in [-0.39, 0.29) is 25.7 Å². The zero-order chi connectivity index (χ0) is 71.4. The molecule has 19 heteroatoms. The molecule has 3 unspecified atom stereocenters. The van der Waals surface area contributed by atoms with Crippen molar-refractivity contribution in [3.63, 3.8) is 0 Å². The van der Waals surface area contributed by atoms with Crippen molar-refractivity contribution in [3.8, 4) is 0 Å². The van der Waals surface area contributed by atoms with Crippen LogP contribution in [0.2, 0.25) is 0 Å². The summed E-state index contributed by atoms with van der Waals surface area (Å²) >= 11 is 0. The number of aliphatic hydroxyl groups is 1. The molecule has 0 aromatic rings. The number of aliphatic hydroxyl groups excluding tert-OH is 1. The molecule has 0 aromatic heterocycles. The number of rotatable bonds is 77. The first-order chi connectivity index (χ1) is 46.9. The summed E-state index contributed by atoms with van der Waals surface area (Å²) in [5.74, 6) is -0.602. The van der Waals surface area contributed by atoms with Crippen LogP contribution < -0.4 is 0 Å². The summed E-state index contributed by atoms with van der Waals surface area (Å²) in [7, 11) is -9.91. The third-order valence-electron chi connectivity index (χ3n) is 18.6. The van der Waals surface area contributed by atoms with Crippen LogP contribution in [-0.2, 0) is 65.4 Å². The molecule has 0 fully saturated rings. The third-order valence-corrected chi connectivity index (χ3v) is 20.5. The fourth-order valence-electron chi connectivity index (χ4n) is 12.0. The molecular formula is C78H152O17P2. The van der Waals surface area contributed by atoms with Crippen molar-refractivity contribution in [2.24, 2.45) is 11.8 Å². The van der Waals surface area contributed by atoms with E-state index in [4.69, 9.17) is 37.0 Å².